The molecule has 24 heavy (non-hydrogen) atoms. The third-order valence-electron chi connectivity index (χ3n) is 4.18. The number of ether oxygens (including phenoxy) is 1. The van der Waals surface area contributed by atoms with Gasteiger partial charge in [-0.15, -0.1) is 11.3 Å². The van der Waals surface area contributed by atoms with Crippen LogP contribution in [0.5, 0.6) is 0 Å². The van der Waals surface area contributed by atoms with E-state index in [0.29, 0.717) is 29.8 Å². The van der Waals surface area contributed by atoms with Crippen molar-refractivity contribution in [3.05, 3.63) is 22.4 Å². The van der Waals surface area contributed by atoms with Gasteiger partial charge >= 0.3 is 0 Å². The molecular weight excluding hydrogens is 328 g/mol. The standard InChI is InChI=1S/C15H18N6O2S/c1-22-10-4-6-21(7-5-10)15-14(16-9-11-3-2-8-24-11)17-12-13(18-15)20-23-19-12/h2-3,8,10H,4-7,9H2,1H3,(H,16,17,19). The van der Waals surface area contributed by atoms with E-state index in [1.165, 1.54) is 4.88 Å². The fraction of sp³-hybridized carbons (Fsp3) is 0.467. The maximum absolute atomic E-state index is 5.45. The van der Waals surface area contributed by atoms with Gasteiger partial charge in [0.2, 0.25) is 11.3 Å². The van der Waals surface area contributed by atoms with Gasteiger partial charge in [0.1, 0.15) is 0 Å². The summed E-state index contributed by atoms with van der Waals surface area (Å²) in [6, 6.07) is 4.12. The lowest BCUT2D eigenvalue weighted by Crippen LogP contribution is -2.37. The van der Waals surface area contributed by atoms with Crippen LogP contribution in [0.4, 0.5) is 11.6 Å². The first-order chi connectivity index (χ1) is 11.8. The van der Waals surface area contributed by atoms with Crippen LogP contribution in [0.3, 0.4) is 0 Å². The number of hydrogen-bond donors (Lipinski definition) is 1. The minimum absolute atomic E-state index is 0.314. The zero-order valence-corrected chi connectivity index (χ0v) is 14.1. The smallest absolute Gasteiger partial charge is 0.245 e. The number of aromatic nitrogens is 4. The van der Waals surface area contributed by atoms with Gasteiger partial charge in [0.25, 0.3) is 0 Å². The molecule has 3 aromatic heterocycles. The molecule has 0 aromatic carbocycles. The van der Waals surface area contributed by atoms with Crippen LogP contribution in [0.25, 0.3) is 11.3 Å². The van der Waals surface area contributed by atoms with Gasteiger partial charge in [-0.25, -0.2) is 14.6 Å². The Kier molecular flexibility index (Phi) is 4.26. The summed E-state index contributed by atoms with van der Waals surface area (Å²) in [5.74, 6) is 1.51. The number of nitrogens with one attached hydrogen (secondary N) is 1. The number of methoxy groups -OCH3 is 1. The highest BCUT2D eigenvalue weighted by Crippen LogP contribution is 2.27. The van der Waals surface area contributed by atoms with Crippen LogP contribution in [-0.2, 0) is 11.3 Å². The first kappa shape index (κ1) is 15.3. The van der Waals surface area contributed by atoms with Crippen LogP contribution >= 0.6 is 11.3 Å². The predicted molar refractivity (Wildman–Crippen MR) is 91.3 cm³/mol. The number of thiophene rings is 1. The summed E-state index contributed by atoms with van der Waals surface area (Å²) in [5.41, 5.74) is 0.847. The molecule has 1 aliphatic heterocycles. The van der Waals surface area contributed by atoms with Crippen LogP contribution in [0.2, 0.25) is 0 Å². The summed E-state index contributed by atoms with van der Waals surface area (Å²) in [6.45, 7) is 2.44. The maximum Gasteiger partial charge on any atom is 0.245 e. The molecule has 4 rings (SSSR count). The van der Waals surface area contributed by atoms with E-state index in [0.717, 1.165) is 31.7 Å². The number of fused-ring (bicyclic) bond motifs is 1. The first-order valence-electron chi connectivity index (χ1n) is 7.88. The lowest BCUT2D eigenvalue weighted by atomic mass is 10.1. The molecule has 0 spiro atoms. The SMILES string of the molecule is COC1CCN(c2nc3nonc3nc2NCc2cccs2)CC1. The van der Waals surface area contributed by atoms with Gasteiger partial charge in [-0.3, -0.25) is 0 Å². The zero-order chi connectivity index (χ0) is 16.4. The van der Waals surface area contributed by atoms with Gasteiger partial charge in [0, 0.05) is 25.1 Å². The molecule has 0 bridgehead atoms. The van der Waals surface area contributed by atoms with Crippen molar-refractivity contribution in [3.8, 4) is 0 Å². The predicted octanol–water partition coefficient (Wildman–Crippen LogP) is 2.30. The van der Waals surface area contributed by atoms with Crippen LogP contribution in [0.1, 0.15) is 17.7 Å². The molecule has 0 atom stereocenters. The van der Waals surface area contributed by atoms with Gasteiger partial charge in [-0.2, -0.15) is 0 Å². The third kappa shape index (κ3) is 3.04. The highest BCUT2D eigenvalue weighted by molar-refractivity contribution is 7.09. The second kappa shape index (κ2) is 6.70. The summed E-state index contributed by atoms with van der Waals surface area (Å²) in [6.07, 6.45) is 2.25. The molecule has 1 aliphatic rings. The molecule has 0 amide bonds. The maximum atomic E-state index is 5.45. The monoisotopic (exact) mass is 346 g/mol. The highest BCUT2D eigenvalue weighted by Gasteiger charge is 2.24. The molecule has 126 valence electrons. The van der Waals surface area contributed by atoms with Crippen LogP contribution in [0, 0.1) is 0 Å². The molecule has 4 heterocycles. The van der Waals surface area contributed by atoms with Gasteiger partial charge in [0.05, 0.1) is 12.6 Å². The number of anilines is 2. The van der Waals surface area contributed by atoms with Gasteiger partial charge < -0.3 is 15.0 Å². The Bertz CT molecular complexity index is 798. The van der Waals surface area contributed by atoms with Crippen molar-refractivity contribution in [1.29, 1.82) is 0 Å². The van der Waals surface area contributed by atoms with E-state index >= 15 is 0 Å². The summed E-state index contributed by atoms with van der Waals surface area (Å²) < 4.78 is 10.2. The Morgan fingerprint density at radius 1 is 1.29 bits per heavy atom. The molecule has 1 fully saturated rings. The Labute approximate surface area is 142 Å². The number of piperidine rings is 1. The average molecular weight is 346 g/mol. The molecule has 1 saturated heterocycles. The van der Waals surface area contributed by atoms with Crippen LogP contribution in [0.15, 0.2) is 22.1 Å². The van der Waals surface area contributed by atoms with E-state index < -0.39 is 0 Å². The Morgan fingerprint density at radius 2 is 2.08 bits per heavy atom. The normalized spacial score (nSPS) is 16.0. The summed E-state index contributed by atoms with van der Waals surface area (Å²) in [5, 5.41) is 13.1. The van der Waals surface area contributed by atoms with E-state index in [-0.39, 0.29) is 0 Å². The summed E-state index contributed by atoms with van der Waals surface area (Å²) in [4.78, 5) is 12.6. The molecule has 8 nitrogen and oxygen atoms in total. The number of nitrogens with zero attached hydrogens (tertiary/aromatic N) is 5. The Morgan fingerprint density at radius 3 is 2.79 bits per heavy atom. The zero-order valence-electron chi connectivity index (χ0n) is 13.3. The van der Waals surface area contributed by atoms with E-state index in [4.69, 9.17) is 9.37 Å². The van der Waals surface area contributed by atoms with Crippen molar-refractivity contribution in [2.45, 2.75) is 25.5 Å². The van der Waals surface area contributed by atoms with Gasteiger partial charge in [-0.1, -0.05) is 6.07 Å². The number of rotatable bonds is 5. The van der Waals surface area contributed by atoms with Crippen LogP contribution < -0.4 is 10.2 Å². The fourth-order valence-corrected chi connectivity index (χ4v) is 3.50. The van der Waals surface area contributed by atoms with Gasteiger partial charge in [0.15, 0.2) is 11.6 Å². The lowest BCUT2D eigenvalue weighted by Gasteiger charge is -2.32. The Hall–Kier alpha value is -2.26. The summed E-state index contributed by atoms with van der Waals surface area (Å²) in [7, 11) is 1.77. The largest absolute Gasteiger partial charge is 0.381 e. The van der Waals surface area contributed by atoms with E-state index in [9.17, 15) is 0 Å². The van der Waals surface area contributed by atoms with Crippen molar-refractivity contribution in [1.82, 2.24) is 20.3 Å². The molecule has 9 heteroatoms. The fourth-order valence-electron chi connectivity index (χ4n) is 2.86. The van der Waals surface area contributed by atoms with Crippen molar-refractivity contribution >= 4 is 34.3 Å². The topological polar surface area (TPSA) is 89.2 Å². The van der Waals surface area contributed by atoms with E-state index in [2.05, 4.69) is 41.9 Å². The molecule has 1 N–H and O–H groups in total. The molecular formula is C15H18N6O2S. The molecule has 3 aromatic rings. The minimum atomic E-state index is 0.314. The molecule has 0 saturated carbocycles. The summed E-state index contributed by atoms with van der Waals surface area (Å²) >= 11 is 1.70. The van der Waals surface area contributed by atoms with E-state index in [1.54, 1.807) is 18.4 Å². The second-order valence-electron chi connectivity index (χ2n) is 5.66. The van der Waals surface area contributed by atoms with Crippen molar-refractivity contribution in [2.75, 3.05) is 30.4 Å². The van der Waals surface area contributed by atoms with Crippen LogP contribution in [-0.4, -0.2) is 46.6 Å². The van der Waals surface area contributed by atoms with E-state index in [1.807, 2.05) is 6.07 Å². The average Bonchev–Trinajstić information content (AvgIpc) is 3.30. The van der Waals surface area contributed by atoms with Crippen molar-refractivity contribution in [3.63, 3.8) is 0 Å². The minimum Gasteiger partial charge on any atom is -0.381 e. The first-order valence-corrected chi connectivity index (χ1v) is 8.76. The number of hydrogen-bond acceptors (Lipinski definition) is 9. The van der Waals surface area contributed by atoms with Crippen molar-refractivity contribution < 1.29 is 9.37 Å². The highest BCUT2D eigenvalue weighted by atomic mass is 32.1. The Balaban J connectivity index is 1.60. The lowest BCUT2D eigenvalue weighted by molar-refractivity contribution is 0.0818. The molecule has 0 aliphatic carbocycles. The third-order valence-corrected chi connectivity index (χ3v) is 5.06. The quantitative estimate of drug-likeness (QED) is 0.753. The second-order valence-corrected chi connectivity index (χ2v) is 6.69. The van der Waals surface area contributed by atoms with Crippen molar-refractivity contribution in [2.24, 2.45) is 0 Å². The molecule has 0 unspecified atom stereocenters. The molecule has 0 radical (unpaired) electrons. The van der Waals surface area contributed by atoms with Gasteiger partial charge in [-0.05, 0) is 34.6 Å².